The van der Waals surface area contributed by atoms with Gasteiger partial charge in [0.25, 0.3) is 0 Å². The highest BCUT2D eigenvalue weighted by Crippen LogP contribution is 2.20. The number of hydrogen-bond acceptors (Lipinski definition) is 8. The second-order valence-electron chi connectivity index (χ2n) is 15.1. The molecule has 0 saturated carbocycles. The molecule has 2 atom stereocenters. The number of hydrogen-bond donors (Lipinski definition) is 6. The normalized spacial score (nSPS) is 14.2. The van der Waals surface area contributed by atoms with Crippen LogP contribution in [0.4, 0.5) is 0 Å². The molecule has 0 aliphatic rings. The summed E-state index contributed by atoms with van der Waals surface area (Å²) in [7, 11) is 0. The fourth-order valence-electron chi connectivity index (χ4n) is 6.56. The molecule has 12 heteroatoms. The summed E-state index contributed by atoms with van der Waals surface area (Å²) >= 11 is 0. The van der Waals surface area contributed by atoms with Gasteiger partial charge in [-0.1, -0.05) is 84.9 Å². The molecule has 56 heavy (non-hydrogen) atoms. The van der Waals surface area contributed by atoms with E-state index in [4.69, 9.17) is 11.5 Å². The average molecular weight is 773 g/mol. The molecule has 2 amide bonds. The molecule has 0 aliphatic carbocycles. The van der Waals surface area contributed by atoms with Crippen molar-refractivity contribution in [3.63, 3.8) is 0 Å². The Balaban J connectivity index is 1.40. The van der Waals surface area contributed by atoms with Crippen molar-refractivity contribution in [2.45, 2.75) is 103 Å². The minimum atomic E-state index is -0.994. The Hall–Kier alpha value is -4.62. The number of hydroxylamine groups is 2. The van der Waals surface area contributed by atoms with E-state index in [1.54, 1.807) is 22.2 Å². The van der Waals surface area contributed by atoms with E-state index in [2.05, 4.69) is 16.7 Å². The highest BCUT2D eigenvalue weighted by atomic mass is 16.5. The van der Waals surface area contributed by atoms with Gasteiger partial charge in [-0.3, -0.25) is 20.0 Å². The summed E-state index contributed by atoms with van der Waals surface area (Å²) in [5.74, 6) is -0.167. The number of amides is 2. The van der Waals surface area contributed by atoms with Gasteiger partial charge in [-0.25, -0.2) is 0 Å². The molecule has 2 unspecified atom stereocenters. The quantitative estimate of drug-likeness (QED) is 0.0225. The SMILES string of the molecule is CCN(Cc1cccc(CN(CC)C(=O)C(C)(N)CCCCNCC=[N+](O)Cc2ccccc2)c1)C(=O)C(C)(N)CCCCNCC=[N+](O)Cc1ccccc1. The van der Waals surface area contributed by atoms with Crippen molar-refractivity contribution in [3.05, 3.63) is 107 Å². The minimum absolute atomic E-state index is 0.0837. The lowest BCUT2D eigenvalue weighted by Crippen LogP contribution is -2.53. The van der Waals surface area contributed by atoms with Gasteiger partial charge in [0.2, 0.25) is 37.3 Å². The molecular weight excluding hydrogens is 705 g/mol. The van der Waals surface area contributed by atoms with Crippen molar-refractivity contribution in [1.29, 1.82) is 0 Å². The summed E-state index contributed by atoms with van der Waals surface area (Å²) in [6.45, 7) is 12.9. The molecule has 0 saturated heterocycles. The van der Waals surface area contributed by atoms with Gasteiger partial charge in [-0.2, -0.15) is 0 Å². The van der Waals surface area contributed by atoms with Crippen molar-refractivity contribution >= 4 is 24.2 Å². The zero-order chi connectivity index (χ0) is 40.8. The highest BCUT2D eigenvalue weighted by molar-refractivity contribution is 5.86. The van der Waals surface area contributed by atoms with E-state index in [0.29, 0.717) is 65.2 Å². The molecule has 3 rings (SSSR count). The monoisotopic (exact) mass is 773 g/mol. The molecule has 3 aromatic carbocycles. The van der Waals surface area contributed by atoms with Gasteiger partial charge in [0.05, 0.1) is 24.2 Å². The van der Waals surface area contributed by atoms with E-state index in [1.807, 2.05) is 107 Å². The standard InChI is InChI=1S/C44H68N8O4/c1-5-49(41(53)43(3,45)24-13-15-26-47-28-30-51(55)35-37-18-9-7-10-19-37)33-39-22-17-23-40(32-39)34-50(6-2)42(54)44(4,46)25-14-16-27-48-29-31-52(56)36-38-20-11-8-12-21-38/h7-12,17-23,30-32,47-48,55-56H,5-6,13-16,24-29,33-36,45-46H2,1-4H3/q+2. The van der Waals surface area contributed by atoms with Gasteiger partial charge < -0.3 is 31.9 Å². The van der Waals surface area contributed by atoms with Crippen molar-refractivity contribution in [1.82, 2.24) is 20.4 Å². The Labute approximate surface area is 334 Å². The Kier molecular flexibility index (Phi) is 19.7. The van der Waals surface area contributed by atoms with Gasteiger partial charge >= 0.3 is 0 Å². The van der Waals surface area contributed by atoms with Crippen LogP contribution in [0.1, 0.15) is 88.5 Å². The molecule has 0 heterocycles. The molecule has 0 aliphatic heterocycles. The van der Waals surface area contributed by atoms with Crippen LogP contribution in [0.2, 0.25) is 0 Å². The Morgan fingerprint density at radius 3 is 1.38 bits per heavy atom. The van der Waals surface area contributed by atoms with E-state index in [0.717, 1.165) is 61.0 Å². The lowest BCUT2D eigenvalue weighted by Gasteiger charge is -2.32. The Morgan fingerprint density at radius 2 is 1.00 bits per heavy atom. The number of unbranched alkanes of at least 4 members (excludes halogenated alkanes) is 2. The largest absolute Gasteiger partial charge is 0.337 e. The van der Waals surface area contributed by atoms with E-state index >= 15 is 0 Å². The molecule has 12 nitrogen and oxygen atoms in total. The van der Waals surface area contributed by atoms with Crippen molar-refractivity contribution in [2.75, 3.05) is 39.3 Å². The number of carbonyl (C=O) groups is 2. The third-order valence-electron chi connectivity index (χ3n) is 9.92. The predicted octanol–water partition coefficient (Wildman–Crippen LogP) is 4.68. The maximum Gasteiger partial charge on any atom is 0.242 e. The van der Waals surface area contributed by atoms with Crippen LogP contribution in [0.5, 0.6) is 0 Å². The van der Waals surface area contributed by atoms with Crippen molar-refractivity contribution in [2.24, 2.45) is 11.5 Å². The van der Waals surface area contributed by atoms with Gasteiger partial charge in [-0.15, -0.1) is 0 Å². The van der Waals surface area contributed by atoms with Gasteiger partial charge in [0.1, 0.15) is 0 Å². The first-order valence-corrected chi connectivity index (χ1v) is 20.2. The van der Waals surface area contributed by atoms with E-state index in [-0.39, 0.29) is 11.8 Å². The maximum absolute atomic E-state index is 13.6. The van der Waals surface area contributed by atoms with E-state index < -0.39 is 11.1 Å². The summed E-state index contributed by atoms with van der Waals surface area (Å²) in [6, 6.07) is 27.6. The lowest BCUT2D eigenvalue weighted by molar-refractivity contribution is -0.784. The molecule has 0 aromatic heterocycles. The summed E-state index contributed by atoms with van der Waals surface area (Å²) in [5.41, 5.74) is 15.2. The second-order valence-corrected chi connectivity index (χ2v) is 15.1. The van der Waals surface area contributed by atoms with Gasteiger partial charge in [0, 0.05) is 37.3 Å². The fourth-order valence-corrected chi connectivity index (χ4v) is 6.56. The summed E-state index contributed by atoms with van der Waals surface area (Å²) in [6.07, 6.45) is 7.86. The Morgan fingerprint density at radius 1 is 0.625 bits per heavy atom. The summed E-state index contributed by atoms with van der Waals surface area (Å²) < 4.78 is 2.38. The molecule has 3 aromatic rings. The molecule has 0 radical (unpaired) electrons. The predicted molar refractivity (Wildman–Crippen MR) is 224 cm³/mol. The molecule has 0 bridgehead atoms. The van der Waals surface area contributed by atoms with Crippen LogP contribution in [0.25, 0.3) is 0 Å². The third kappa shape index (κ3) is 16.6. The number of likely N-dealkylation sites (N-methyl/N-ethyl adjacent to an activating group) is 2. The number of nitrogens with one attached hydrogen (secondary N) is 2. The van der Waals surface area contributed by atoms with Crippen molar-refractivity contribution < 1.29 is 29.5 Å². The number of nitrogens with zero attached hydrogens (tertiary/aromatic N) is 4. The van der Waals surface area contributed by atoms with Crippen LogP contribution in [-0.4, -0.2) is 104 Å². The van der Waals surface area contributed by atoms with Crippen LogP contribution in [0.3, 0.4) is 0 Å². The first kappa shape index (κ1) is 45.8. The minimum Gasteiger partial charge on any atom is -0.337 e. The molecule has 0 spiro atoms. The van der Waals surface area contributed by atoms with Crippen LogP contribution < -0.4 is 22.1 Å². The number of carbonyl (C=O) groups excluding carboxylic acids is 2. The molecule has 306 valence electrons. The topological polar surface area (TPSA) is 163 Å². The first-order valence-electron chi connectivity index (χ1n) is 20.2. The smallest absolute Gasteiger partial charge is 0.242 e. The van der Waals surface area contributed by atoms with Crippen molar-refractivity contribution in [3.8, 4) is 0 Å². The maximum atomic E-state index is 13.6. The number of benzene rings is 3. The Bertz CT molecular complexity index is 1540. The highest BCUT2D eigenvalue weighted by Gasteiger charge is 2.33. The van der Waals surface area contributed by atoms with E-state index in [9.17, 15) is 20.0 Å². The zero-order valence-electron chi connectivity index (χ0n) is 34.2. The zero-order valence-corrected chi connectivity index (χ0v) is 34.2. The van der Waals surface area contributed by atoms with Crippen LogP contribution in [0.15, 0.2) is 84.9 Å². The van der Waals surface area contributed by atoms with Crippen LogP contribution >= 0.6 is 0 Å². The van der Waals surface area contributed by atoms with Gasteiger partial charge in [-0.05, 0) is 99.9 Å². The average Bonchev–Trinajstić information content (AvgIpc) is 3.18. The van der Waals surface area contributed by atoms with Gasteiger partial charge in [0.15, 0.2) is 0 Å². The number of nitrogens with two attached hydrogens (primary N) is 2. The fraction of sp³-hybridized carbons (Fsp3) is 0.500. The van der Waals surface area contributed by atoms with E-state index in [1.165, 1.54) is 9.48 Å². The molecule has 8 N–H and O–H groups in total. The number of rotatable bonds is 26. The molecular formula is C44H68N8O4+2. The third-order valence-corrected chi connectivity index (χ3v) is 9.92. The second kappa shape index (κ2) is 24.1. The van der Waals surface area contributed by atoms with Crippen LogP contribution in [-0.2, 0) is 35.8 Å². The summed E-state index contributed by atoms with van der Waals surface area (Å²) in [4.78, 5) is 30.8. The summed E-state index contributed by atoms with van der Waals surface area (Å²) in [5, 5.41) is 26.8. The first-order chi connectivity index (χ1) is 26.8. The van der Waals surface area contributed by atoms with Crippen LogP contribution in [0, 0.1) is 0 Å². The lowest BCUT2D eigenvalue weighted by atomic mass is 9.93. The molecule has 0 fully saturated rings.